The smallest absolute Gasteiger partial charge is 0.256 e. The van der Waals surface area contributed by atoms with Crippen LogP contribution in [0.3, 0.4) is 0 Å². The quantitative estimate of drug-likeness (QED) is 0.237. The zero-order chi connectivity index (χ0) is 28.3. The van der Waals surface area contributed by atoms with Crippen molar-refractivity contribution in [2.45, 2.75) is 26.3 Å². The second-order valence-corrected chi connectivity index (χ2v) is 14.5. The highest BCUT2D eigenvalue weighted by Crippen LogP contribution is 2.34. The Labute approximate surface area is 244 Å². The van der Waals surface area contributed by atoms with Crippen molar-refractivity contribution in [2.75, 3.05) is 16.8 Å². The molecule has 206 valence electrons. The number of thiophene rings is 1. The Morgan fingerprint density at radius 1 is 1.05 bits per heavy atom. The fourth-order valence-electron chi connectivity index (χ4n) is 5.32. The summed E-state index contributed by atoms with van der Waals surface area (Å²) in [6, 6.07) is 19.3. The highest BCUT2D eigenvalue weighted by atomic mass is 32.2. The summed E-state index contributed by atoms with van der Waals surface area (Å²) < 4.78 is 27.3. The van der Waals surface area contributed by atoms with E-state index < -0.39 is 9.84 Å². The van der Waals surface area contributed by atoms with Crippen LogP contribution >= 0.6 is 22.7 Å². The average Bonchev–Trinajstić information content (AvgIpc) is 3.75. The maximum Gasteiger partial charge on any atom is 0.256 e. The minimum absolute atomic E-state index is 0.0241. The molecular formula is C30H25N5O3S3. The third kappa shape index (κ3) is 4.83. The largest absolute Gasteiger partial charge is 0.322 e. The van der Waals surface area contributed by atoms with E-state index in [1.165, 1.54) is 16.9 Å². The minimum Gasteiger partial charge on any atom is -0.322 e. The van der Waals surface area contributed by atoms with Crippen molar-refractivity contribution in [2.24, 2.45) is 0 Å². The number of hydrogen-bond donors (Lipinski definition) is 1. The summed E-state index contributed by atoms with van der Waals surface area (Å²) in [5.41, 5.74) is 6.09. The van der Waals surface area contributed by atoms with Crippen molar-refractivity contribution in [1.82, 2.24) is 19.7 Å². The fraction of sp³-hybridized carbons (Fsp3) is 0.200. The first-order chi connectivity index (χ1) is 19.7. The van der Waals surface area contributed by atoms with Crippen LogP contribution in [0.1, 0.15) is 34.1 Å². The number of nitrogens with zero attached hydrogens (tertiary/aromatic N) is 4. The number of aromatic nitrogens is 4. The van der Waals surface area contributed by atoms with Gasteiger partial charge in [0.1, 0.15) is 5.01 Å². The van der Waals surface area contributed by atoms with Gasteiger partial charge in [-0.2, -0.15) is 5.10 Å². The van der Waals surface area contributed by atoms with Crippen LogP contribution < -0.4 is 5.32 Å². The number of nitrogens with one attached hydrogen (secondary N) is 1. The van der Waals surface area contributed by atoms with Crippen LogP contribution in [0.15, 0.2) is 66.0 Å². The number of benzene rings is 2. The van der Waals surface area contributed by atoms with E-state index in [0.29, 0.717) is 40.1 Å². The number of thiazole rings is 1. The van der Waals surface area contributed by atoms with Gasteiger partial charge in [-0.25, -0.2) is 23.1 Å². The molecule has 1 N–H and O–H groups in total. The number of anilines is 1. The van der Waals surface area contributed by atoms with E-state index in [0.717, 1.165) is 25.7 Å². The number of fused-ring (bicyclic) bond motifs is 2. The van der Waals surface area contributed by atoms with E-state index in [1.54, 1.807) is 22.1 Å². The molecule has 2 aromatic carbocycles. The van der Waals surface area contributed by atoms with Crippen LogP contribution in [0.2, 0.25) is 0 Å². The van der Waals surface area contributed by atoms with Gasteiger partial charge in [0, 0.05) is 11.3 Å². The van der Waals surface area contributed by atoms with Crippen LogP contribution in [-0.2, 0) is 9.84 Å². The van der Waals surface area contributed by atoms with Gasteiger partial charge in [0.15, 0.2) is 15.5 Å². The second-order valence-electron chi connectivity index (χ2n) is 10.3. The molecule has 1 aliphatic heterocycles. The predicted octanol–water partition coefficient (Wildman–Crippen LogP) is 6.67. The van der Waals surface area contributed by atoms with Gasteiger partial charge in [-0.1, -0.05) is 12.1 Å². The topological polar surface area (TPSA) is 107 Å². The van der Waals surface area contributed by atoms with E-state index in [2.05, 4.69) is 29.5 Å². The van der Waals surface area contributed by atoms with Gasteiger partial charge < -0.3 is 5.32 Å². The molecule has 1 atom stereocenters. The molecule has 1 aliphatic rings. The van der Waals surface area contributed by atoms with Crippen molar-refractivity contribution in [1.29, 1.82) is 0 Å². The molecule has 0 bridgehead atoms. The minimum atomic E-state index is -3.13. The number of sulfone groups is 1. The Bertz CT molecular complexity index is 2060. The lowest BCUT2D eigenvalue weighted by molar-refractivity contribution is 0.102. The van der Waals surface area contributed by atoms with Gasteiger partial charge in [-0.05, 0) is 79.7 Å². The van der Waals surface area contributed by atoms with Gasteiger partial charge in [0.2, 0.25) is 0 Å². The Morgan fingerprint density at radius 2 is 1.88 bits per heavy atom. The number of aryl methyl sites for hydroxylation is 2. The lowest BCUT2D eigenvalue weighted by atomic mass is 10.1. The molecule has 4 aromatic heterocycles. The molecule has 0 spiro atoms. The van der Waals surface area contributed by atoms with Crippen molar-refractivity contribution < 1.29 is 13.2 Å². The van der Waals surface area contributed by atoms with Crippen LogP contribution in [-0.4, -0.2) is 45.6 Å². The number of pyridine rings is 1. The lowest BCUT2D eigenvalue weighted by Crippen LogP contribution is -2.15. The molecular weight excluding hydrogens is 575 g/mol. The van der Waals surface area contributed by atoms with Crippen molar-refractivity contribution in [3.63, 3.8) is 0 Å². The molecule has 1 amide bonds. The molecule has 41 heavy (non-hydrogen) atoms. The summed E-state index contributed by atoms with van der Waals surface area (Å²) >= 11 is 3.18. The van der Waals surface area contributed by atoms with Crippen LogP contribution in [0.5, 0.6) is 0 Å². The SMILES string of the molecule is Cc1ccc2nc(-c3ccc(NC(=O)c4cc(-c5cccs5)nc5c4c(C)nn5C4CCS(=O)(=O)C4)cc3)sc2c1. The number of carbonyl (C=O) groups excluding carboxylic acids is 1. The van der Waals surface area contributed by atoms with Crippen molar-refractivity contribution >= 4 is 65.4 Å². The summed E-state index contributed by atoms with van der Waals surface area (Å²) in [5, 5.41) is 11.2. The molecule has 6 aromatic rings. The number of carbonyl (C=O) groups is 1. The van der Waals surface area contributed by atoms with Gasteiger partial charge in [0.25, 0.3) is 5.91 Å². The van der Waals surface area contributed by atoms with Crippen LogP contribution in [0.25, 0.3) is 42.4 Å². The standard InChI is InChI=1S/C30H25N5O3S3/c1-17-5-10-23-26(14-17)40-30(33-23)19-6-8-20(9-7-19)31-29(36)22-15-24(25-4-3-12-39-25)32-28-27(22)18(2)34-35(28)21-11-13-41(37,38)16-21/h3-10,12,14-15,21H,11,13,16H2,1-2H3,(H,31,36). The van der Waals surface area contributed by atoms with Gasteiger partial charge in [0.05, 0.1) is 55.0 Å². The summed E-state index contributed by atoms with van der Waals surface area (Å²) in [7, 11) is -3.13. The Hall–Kier alpha value is -3.93. The summed E-state index contributed by atoms with van der Waals surface area (Å²) in [4.78, 5) is 24.3. The fourth-order valence-corrected chi connectivity index (χ4v) is 8.76. The first kappa shape index (κ1) is 26.0. The molecule has 1 fully saturated rings. The maximum atomic E-state index is 13.8. The van der Waals surface area contributed by atoms with Crippen LogP contribution in [0.4, 0.5) is 5.69 Å². The molecule has 7 rings (SSSR count). The van der Waals surface area contributed by atoms with E-state index in [-0.39, 0.29) is 23.5 Å². The van der Waals surface area contributed by atoms with Gasteiger partial charge in [-0.3, -0.25) is 4.79 Å². The Kier molecular flexibility index (Phi) is 6.25. The normalized spacial score (nSPS) is 16.5. The zero-order valence-corrected chi connectivity index (χ0v) is 24.7. The highest BCUT2D eigenvalue weighted by Gasteiger charge is 2.32. The molecule has 5 heterocycles. The molecule has 1 unspecified atom stereocenters. The van der Waals surface area contributed by atoms with E-state index in [1.807, 2.05) is 54.8 Å². The van der Waals surface area contributed by atoms with Crippen LogP contribution in [0, 0.1) is 13.8 Å². The Morgan fingerprint density at radius 3 is 2.61 bits per heavy atom. The number of hydrogen-bond acceptors (Lipinski definition) is 8. The zero-order valence-electron chi connectivity index (χ0n) is 22.3. The predicted molar refractivity (Wildman–Crippen MR) is 166 cm³/mol. The lowest BCUT2D eigenvalue weighted by Gasteiger charge is -2.12. The first-order valence-electron chi connectivity index (χ1n) is 13.2. The Balaban J connectivity index is 1.24. The summed E-state index contributed by atoms with van der Waals surface area (Å²) in [6.45, 7) is 3.90. The number of rotatable bonds is 5. The average molecular weight is 600 g/mol. The third-order valence-corrected chi connectivity index (χ3v) is 11.1. The first-order valence-corrected chi connectivity index (χ1v) is 16.7. The molecule has 0 saturated carbocycles. The van der Waals surface area contributed by atoms with E-state index in [9.17, 15) is 13.2 Å². The maximum absolute atomic E-state index is 13.8. The molecule has 0 aliphatic carbocycles. The second kappa shape index (κ2) is 9.86. The van der Waals surface area contributed by atoms with Gasteiger partial charge >= 0.3 is 0 Å². The van der Waals surface area contributed by atoms with Crippen molar-refractivity contribution in [3.8, 4) is 21.1 Å². The monoisotopic (exact) mass is 599 g/mol. The molecule has 8 nitrogen and oxygen atoms in total. The molecule has 0 radical (unpaired) electrons. The molecule has 1 saturated heterocycles. The number of amides is 1. The van der Waals surface area contributed by atoms with E-state index in [4.69, 9.17) is 9.97 Å². The summed E-state index contributed by atoms with van der Waals surface area (Å²) in [5.74, 6) is -0.126. The van der Waals surface area contributed by atoms with Gasteiger partial charge in [-0.15, -0.1) is 22.7 Å². The summed E-state index contributed by atoms with van der Waals surface area (Å²) in [6.07, 6.45) is 0.478. The molecule has 11 heteroatoms. The van der Waals surface area contributed by atoms with Crippen molar-refractivity contribution in [3.05, 3.63) is 82.9 Å². The van der Waals surface area contributed by atoms with E-state index >= 15 is 0 Å². The highest BCUT2D eigenvalue weighted by molar-refractivity contribution is 7.91. The third-order valence-electron chi connectivity index (χ3n) is 7.34.